The van der Waals surface area contributed by atoms with Crippen molar-refractivity contribution in [2.24, 2.45) is 0 Å². The van der Waals surface area contributed by atoms with Crippen molar-refractivity contribution >= 4 is 5.91 Å². The molecule has 1 amide bonds. The topological polar surface area (TPSA) is 56.1 Å². The number of nitrogens with zero attached hydrogens (tertiary/aromatic N) is 2. The second-order valence-electron chi connectivity index (χ2n) is 6.50. The average Bonchev–Trinajstić information content (AvgIpc) is 3.19. The van der Waals surface area contributed by atoms with E-state index < -0.39 is 0 Å². The number of fused-ring (bicyclic) bond motifs is 1. The van der Waals surface area contributed by atoms with Crippen molar-refractivity contribution in [1.82, 2.24) is 15.1 Å². The summed E-state index contributed by atoms with van der Waals surface area (Å²) in [5.41, 5.74) is 2.94. The van der Waals surface area contributed by atoms with Crippen molar-refractivity contribution in [2.45, 2.75) is 25.5 Å². The second kappa shape index (κ2) is 7.44. The largest absolute Gasteiger partial charge is 0.488 e. The molecule has 0 aliphatic carbocycles. The highest BCUT2D eigenvalue weighted by molar-refractivity contribution is 5.94. The van der Waals surface area contributed by atoms with Crippen LogP contribution in [-0.4, -0.2) is 28.3 Å². The second-order valence-corrected chi connectivity index (χ2v) is 6.50. The van der Waals surface area contributed by atoms with Gasteiger partial charge in [-0.05, 0) is 48.2 Å². The lowest BCUT2D eigenvalue weighted by molar-refractivity contribution is 0.0918. The van der Waals surface area contributed by atoms with Gasteiger partial charge in [0.25, 0.3) is 5.91 Å². The van der Waals surface area contributed by atoms with Crippen LogP contribution < -0.4 is 10.1 Å². The van der Waals surface area contributed by atoms with Crippen LogP contribution in [0.4, 0.5) is 0 Å². The zero-order valence-corrected chi connectivity index (χ0v) is 14.5. The fourth-order valence-electron chi connectivity index (χ4n) is 3.22. The number of aryl methyl sites for hydroxylation is 1. The smallest absolute Gasteiger partial charge is 0.251 e. The number of carbonyl (C=O) groups is 1. The maximum absolute atomic E-state index is 12.5. The van der Waals surface area contributed by atoms with E-state index in [9.17, 15) is 4.79 Å². The van der Waals surface area contributed by atoms with Gasteiger partial charge in [0.2, 0.25) is 0 Å². The molecule has 26 heavy (non-hydrogen) atoms. The van der Waals surface area contributed by atoms with Crippen LogP contribution in [0.25, 0.3) is 0 Å². The summed E-state index contributed by atoms with van der Waals surface area (Å²) in [7, 11) is 0. The Balaban J connectivity index is 1.35. The quantitative estimate of drug-likeness (QED) is 0.772. The average molecular weight is 347 g/mol. The van der Waals surface area contributed by atoms with Crippen LogP contribution in [0.1, 0.15) is 27.9 Å². The Morgan fingerprint density at radius 3 is 3.00 bits per heavy atom. The van der Waals surface area contributed by atoms with Gasteiger partial charge in [0, 0.05) is 18.0 Å². The Labute approximate surface area is 152 Å². The Kier molecular flexibility index (Phi) is 4.69. The highest BCUT2D eigenvalue weighted by Crippen LogP contribution is 2.26. The minimum atomic E-state index is -0.0743. The van der Waals surface area contributed by atoms with E-state index in [-0.39, 0.29) is 12.0 Å². The number of benzene rings is 2. The van der Waals surface area contributed by atoms with E-state index in [4.69, 9.17) is 4.74 Å². The maximum Gasteiger partial charge on any atom is 0.251 e. The number of ether oxygens (including phenoxy) is 1. The van der Waals surface area contributed by atoms with Gasteiger partial charge in [-0.25, -0.2) is 0 Å². The summed E-state index contributed by atoms with van der Waals surface area (Å²) in [6.45, 7) is 1.16. The Morgan fingerprint density at radius 2 is 2.12 bits per heavy atom. The zero-order chi connectivity index (χ0) is 17.8. The summed E-state index contributed by atoms with van der Waals surface area (Å²) >= 11 is 0. The molecular weight excluding hydrogens is 326 g/mol. The highest BCUT2D eigenvalue weighted by atomic mass is 16.5. The van der Waals surface area contributed by atoms with E-state index >= 15 is 0 Å². The van der Waals surface area contributed by atoms with Crippen molar-refractivity contribution in [3.05, 3.63) is 83.7 Å². The molecule has 0 spiro atoms. The van der Waals surface area contributed by atoms with Crippen molar-refractivity contribution < 1.29 is 9.53 Å². The molecule has 1 unspecified atom stereocenters. The van der Waals surface area contributed by atoms with E-state index in [1.165, 1.54) is 5.56 Å². The van der Waals surface area contributed by atoms with Crippen LogP contribution in [0.5, 0.6) is 5.75 Å². The lowest BCUT2D eigenvalue weighted by Gasteiger charge is -2.26. The fraction of sp³-hybridized carbons (Fsp3) is 0.238. The normalized spacial score (nSPS) is 15.8. The number of rotatable bonds is 5. The predicted molar refractivity (Wildman–Crippen MR) is 99.3 cm³/mol. The molecule has 3 aromatic rings. The van der Waals surface area contributed by atoms with Gasteiger partial charge >= 0.3 is 0 Å². The Hall–Kier alpha value is -3.08. The molecule has 0 fully saturated rings. The molecule has 4 rings (SSSR count). The maximum atomic E-state index is 12.5. The molecule has 1 atom stereocenters. The lowest BCUT2D eigenvalue weighted by atomic mass is 10.0. The van der Waals surface area contributed by atoms with E-state index in [1.807, 2.05) is 59.4 Å². The molecule has 1 N–H and O–H groups in total. The molecule has 1 aromatic heterocycles. The number of amides is 1. The third-order valence-electron chi connectivity index (χ3n) is 4.59. The third-order valence-corrected chi connectivity index (χ3v) is 4.59. The molecule has 0 radical (unpaired) electrons. The number of carbonyl (C=O) groups excluding carboxylic acids is 1. The minimum Gasteiger partial charge on any atom is -0.488 e. The molecule has 2 heterocycles. The molecular formula is C21H21N3O2. The van der Waals surface area contributed by atoms with E-state index in [1.54, 1.807) is 6.20 Å². The molecule has 5 heteroatoms. The Morgan fingerprint density at radius 1 is 1.19 bits per heavy atom. The molecule has 0 saturated heterocycles. The molecule has 132 valence electrons. The number of nitrogens with one attached hydrogen (secondary N) is 1. The van der Waals surface area contributed by atoms with E-state index in [0.29, 0.717) is 18.7 Å². The van der Waals surface area contributed by atoms with E-state index in [0.717, 1.165) is 24.2 Å². The number of hydrogen-bond donors (Lipinski definition) is 1. The van der Waals surface area contributed by atoms with Gasteiger partial charge in [-0.1, -0.05) is 30.3 Å². The van der Waals surface area contributed by atoms with Gasteiger partial charge in [0.15, 0.2) is 0 Å². The minimum absolute atomic E-state index is 0.0149. The van der Waals surface area contributed by atoms with Gasteiger partial charge < -0.3 is 10.1 Å². The summed E-state index contributed by atoms with van der Waals surface area (Å²) < 4.78 is 7.82. The van der Waals surface area contributed by atoms with Crippen molar-refractivity contribution in [2.75, 3.05) is 6.54 Å². The zero-order valence-electron chi connectivity index (χ0n) is 14.5. The van der Waals surface area contributed by atoms with E-state index in [2.05, 4.69) is 16.5 Å². The first-order chi connectivity index (χ1) is 12.8. The summed E-state index contributed by atoms with van der Waals surface area (Å²) in [4.78, 5) is 12.5. The van der Waals surface area contributed by atoms with Gasteiger partial charge in [-0.3, -0.25) is 9.48 Å². The van der Waals surface area contributed by atoms with Crippen LogP contribution in [0.3, 0.4) is 0 Å². The van der Waals surface area contributed by atoms with Crippen LogP contribution in [0.15, 0.2) is 67.0 Å². The van der Waals surface area contributed by atoms with Crippen molar-refractivity contribution in [3.63, 3.8) is 0 Å². The van der Waals surface area contributed by atoms with Crippen molar-refractivity contribution in [3.8, 4) is 5.75 Å². The van der Waals surface area contributed by atoms with Gasteiger partial charge in [0.1, 0.15) is 11.9 Å². The fourth-order valence-corrected chi connectivity index (χ4v) is 3.22. The summed E-state index contributed by atoms with van der Waals surface area (Å²) in [6.07, 6.45) is 5.57. The first-order valence-electron chi connectivity index (χ1n) is 8.87. The molecule has 0 bridgehead atoms. The lowest BCUT2D eigenvalue weighted by Crippen LogP contribution is -2.37. The molecule has 1 aliphatic heterocycles. The van der Waals surface area contributed by atoms with Gasteiger partial charge in [-0.15, -0.1) is 0 Å². The first-order valence-corrected chi connectivity index (χ1v) is 8.87. The van der Waals surface area contributed by atoms with Crippen LogP contribution in [0, 0.1) is 0 Å². The summed E-state index contributed by atoms with van der Waals surface area (Å²) in [5.74, 6) is 0.856. The number of hydrogen-bond acceptors (Lipinski definition) is 3. The molecule has 0 saturated carbocycles. The van der Waals surface area contributed by atoms with Crippen LogP contribution >= 0.6 is 0 Å². The predicted octanol–water partition coefficient (Wildman–Crippen LogP) is 3.06. The monoisotopic (exact) mass is 347 g/mol. The standard InChI is InChI=1S/C21H21N3O2/c25-21(18-7-3-5-16(13-18)15-24-12-4-11-23-24)22-14-19-10-9-17-6-1-2-8-20(17)26-19/h1-8,11-13,19H,9-10,14-15H2,(H,22,25). The summed E-state index contributed by atoms with van der Waals surface area (Å²) in [5, 5.41) is 7.20. The highest BCUT2D eigenvalue weighted by Gasteiger charge is 2.20. The van der Waals surface area contributed by atoms with Crippen LogP contribution in [0.2, 0.25) is 0 Å². The SMILES string of the molecule is O=C(NCC1CCc2ccccc2O1)c1cccc(Cn2cccn2)c1. The van der Waals surface area contributed by atoms with Crippen LogP contribution in [-0.2, 0) is 13.0 Å². The van der Waals surface area contributed by atoms with Gasteiger partial charge in [-0.2, -0.15) is 5.10 Å². The third kappa shape index (κ3) is 3.77. The number of para-hydroxylation sites is 1. The summed E-state index contributed by atoms with van der Waals surface area (Å²) in [6, 6.07) is 17.6. The number of aromatic nitrogens is 2. The molecule has 2 aromatic carbocycles. The van der Waals surface area contributed by atoms with Gasteiger partial charge in [0.05, 0.1) is 13.1 Å². The Bertz CT molecular complexity index is 890. The first kappa shape index (κ1) is 16.4. The molecule has 5 nitrogen and oxygen atoms in total. The molecule has 1 aliphatic rings. The van der Waals surface area contributed by atoms with Crippen molar-refractivity contribution in [1.29, 1.82) is 0 Å².